The predicted octanol–water partition coefficient (Wildman–Crippen LogP) is 0.643. The lowest BCUT2D eigenvalue weighted by molar-refractivity contribution is 0.0937. The zero-order valence-corrected chi connectivity index (χ0v) is 10.0. The van der Waals surface area contributed by atoms with E-state index in [1.54, 1.807) is 36.5 Å². The van der Waals surface area contributed by atoms with Crippen LogP contribution in [0, 0.1) is 0 Å². The Kier molecular flexibility index (Phi) is 4.03. The summed E-state index contributed by atoms with van der Waals surface area (Å²) in [5.74, 6) is -0.123. The molecule has 1 N–H and O–H groups in total. The highest BCUT2D eigenvalue weighted by Crippen LogP contribution is 2.09. The number of rotatable bonds is 5. The first-order chi connectivity index (χ1) is 8.81. The molecule has 0 saturated carbocycles. The monoisotopic (exact) mass is 246 g/mol. The third kappa shape index (κ3) is 2.92. The number of hydrogen-bond acceptors (Lipinski definition) is 4. The van der Waals surface area contributed by atoms with Crippen molar-refractivity contribution in [2.45, 2.75) is 0 Å². The number of ether oxygens (including phenoxy) is 1. The van der Waals surface area contributed by atoms with Gasteiger partial charge in [-0.15, -0.1) is 10.2 Å². The van der Waals surface area contributed by atoms with Crippen molar-refractivity contribution < 1.29 is 9.53 Å². The Bertz CT molecular complexity index is 511. The molecule has 1 heterocycles. The van der Waals surface area contributed by atoms with Crippen molar-refractivity contribution in [3.63, 3.8) is 0 Å². The molecule has 94 valence electrons. The van der Waals surface area contributed by atoms with Gasteiger partial charge >= 0.3 is 0 Å². The molecule has 0 atom stereocenters. The molecule has 0 radical (unpaired) electrons. The van der Waals surface area contributed by atoms with E-state index in [2.05, 4.69) is 15.5 Å². The molecule has 0 spiro atoms. The Labute approximate surface area is 105 Å². The normalized spacial score (nSPS) is 10.3. The second kappa shape index (κ2) is 5.92. The highest BCUT2D eigenvalue weighted by molar-refractivity contribution is 5.94. The molecule has 0 fully saturated rings. The van der Waals surface area contributed by atoms with Crippen LogP contribution in [0.2, 0.25) is 0 Å². The Balaban J connectivity index is 2.10. The van der Waals surface area contributed by atoms with Crippen molar-refractivity contribution in [3.05, 3.63) is 42.5 Å². The Morgan fingerprint density at radius 2 is 2.17 bits per heavy atom. The second-order valence-electron chi connectivity index (χ2n) is 3.67. The van der Waals surface area contributed by atoms with Gasteiger partial charge in [-0.1, -0.05) is 6.07 Å². The summed E-state index contributed by atoms with van der Waals surface area (Å²) in [5.41, 5.74) is 1.44. The van der Waals surface area contributed by atoms with Gasteiger partial charge in [0.05, 0.1) is 6.61 Å². The first-order valence-corrected chi connectivity index (χ1v) is 5.53. The highest BCUT2D eigenvalue weighted by atomic mass is 16.5. The molecule has 0 unspecified atom stereocenters. The zero-order chi connectivity index (χ0) is 12.8. The van der Waals surface area contributed by atoms with Crippen LogP contribution < -0.4 is 5.32 Å². The van der Waals surface area contributed by atoms with E-state index in [4.69, 9.17) is 4.74 Å². The Morgan fingerprint density at radius 3 is 2.89 bits per heavy atom. The number of nitrogens with zero attached hydrogens (tertiary/aromatic N) is 3. The Morgan fingerprint density at radius 1 is 1.39 bits per heavy atom. The van der Waals surface area contributed by atoms with E-state index in [-0.39, 0.29) is 5.91 Å². The van der Waals surface area contributed by atoms with Crippen LogP contribution in [-0.4, -0.2) is 40.9 Å². The largest absolute Gasteiger partial charge is 0.383 e. The maximum Gasteiger partial charge on any atom is 0.251 e. The SMILES string of the molecule is COCCNC(=O)c1cccc(-n2cnnc2)c1. The number of methoxy groups -OCH3 is 1. The fourth-order valence-corrected chi connectivity index (χ4v) is 1.51. The predicted molar refractivity (Wildman–Crippen MR) is 65.6 cm³/mol. The van der Waals surface area contributed by atoms with Gasteiger partial charge in [-0.25, -0.2) is 0 Å². The molecular weight excluding hydrogens is 232 g/mol. The van der Waals surface area contributed by atoms with E-state index in [1.165, 1.54) is 0 Å². The van der Waals surface area contributed by atoms with E-state index < -0.39 is 0 Å². The van der Waals surface area contributed by atoms with Crippen molar-refractivity contribution in [2.75, 3.05) is 20.3 Å². The van der Waals surface area contributed by atoms with Gasteiger partial charge in [-0.05, 0) is 18.2 Å². The molecule has 0 aliphatic rings. The molecule has 6 heteroatoms. The summed E-state index contributed by atoms with van der Waals surface area (Å²) < 4.78 is 6.62. The first-order valence-electron chi connectivity index (χ1n) is 5.53. The lowest BCUT2D eigenvalue weighted by Crippen LogP contribution is -2.26. The van der Waals surface area contributed by atoms with Gasteiger partial charge in [0.1, 0.15) is 12.7 Å². The minimum atomic E-state index is -0.123. The molecular formula is C12H14N4O2. The molecule has 1 aromatic heterocycles. The lowest BCUT2D eigenvalue weighted by atomic mass is 10.2. The van der Waals surface area contributed by atoms with Crippen molar-refractivity contribution in [1.29, 1.82) is 0 Å². The number of carbonyl (C=O) groups is 1. The third-order valence-corrected chi connectivity index (χ3v) is 2.42. The van der Waals surface area contributed by atoms with Crippen LogP contribution in [0.1, 0.15) is 10.4 Å². The minimum absolute atomic E-state index is 0.123. The standard InChI is InChI=1S/C12H14N4O2/c1-18-6-5-13-12(17)10-3-2-4-11(7-10)16-8-14-15-9-16/h2-4,7-9H,5-6H2,1H3,(H,13,17). The smallest absolute Gasteiger partial charge is 0.251 e. The molecule has 1 aromatic carbocycles. The number of hydrogen-bond donors (Lipinski definition) is 1. The topological polar surface area (TPSA) is 69.0 Å². The zero-order valence-electron chi connectivity index (χ0n) is 10.0. The summed E-state index contributed by atoms with van der Waals surface area (Å²) in [5, 5.41) is 10.2. The quantitative estimate of drug-likeness (QED) is 0.786. The van der Waals surface area contributed by atoms with Gasteiger partial charge in [0.2, 0.25) is 0 Å². The maximum absolute atomic E-state index is 11.8. The van der Waals surface area contributed by atoms with Gasteiger partial charge in [0.15, 0.2) is 0 Å². The van der Waals surface area contributed by atoms with E-state index in [9.17, 15) is 4.79 Å². The molecule has 2 rings (SSSR count). The summed E-state index contributed by atoms with van der Waals surface area (Å²) in [4.78, 5) is 11.8. The molecule has 0 saturated heterocycles. The summed E-state index contributed by atoms with van der Waals surface area (Å²) in [6, 6.07) is 7.25. The van der Waals surface area contributed by atoms with Crippen LogP contribution in [0.15, 0.2) is 36.9 Å². The van der Waals surface area contributed by atoms with Crippen molar-refractivity contribution in [1.82, 2.24) is 20.1 Å². The lowest BCUT2D eigenvalue weighted by Gasteiger charge is -2.06. The fraction of sp³-hybridized carbons (Fsp3) is 0.250. The van der Waals surface area contributed by atoms with E-state index in [0.29, 0.717) is 18.7 Å². The Hall–Kier alpha value is -2.21. The van der Waals surface area contributed by atoms with Crippen LogP contribution >= 0.6 is 0 Å². The first kappa shape index (κ1) is 12.3. The maximum atomic E-state index is 11.8. The minimum Gasteiger partial charge on any atom is -0.383 e. The summed E-state index contributed by atoms with van der Waals surface area (Å²) in [6.07, 6.45) is 3.17. The molecule has 0 aliphatic heterocycles. The molecule has 0 bridgehead atoms. The molecule has 0 aliphatic carbocycles. The number of carbonyl (C=O) groups excluding carboxylic acids is 1. The molecule has 18 heavy (non-hydrogen) atoms. The summed E-state index contributed by atoms with van der Waals surface area (Å²) >= 11 is 0. The molecule has 2 aromatic rings. The number of nitrogens with one attached hydrogen (secondary N) is 1. The average Bonchev–Trinajstić information content (AvgIpc) is 2.93. The van der Waals surface area contributed by atoms with Crippen LogP contribution in [-0.2, 0) is 4.74 Å². The molecule has 1 amide bonds. The van der Waals surface area contributed by atoms with Crippen LogP contribution in [0.3, 0.4) is 0 Å². The van der Waals surface area contributed by atoms with E-state index >= 15 is 0 Å². The van der Waals surface area contributed by atoms with E-state index in [1.807, 2.05) is 12.1 Å². The summed E-state index contributed by atoms with van der Waals surface area (Å²) in [6.45, 7) is 0.989. The van der Waals surface area contributed by atoms with Gasteiger partial charge in [-0.3, -0.25) is 9.36 Å². The summed E-state index contributed by atoms with van der Waals surface area (Å²) in [7, 11) is 1.60. The van der Waals surface area contributed by atoms with Crippen molar-refractivity contribution >= 4 is 5.91 Å². The number of amides is 1. The van der Waals surface area contributed by atoms with Crippen molar-refractivity contribution in [2.24, 2.45) is 0 Å². The third-order valence-electron chi connectivity index (χ3n) is 2.42. The van der Waals surface area contributed by atoms with Gasteiger partial charge in [0, 0.05) is 24.9 Å². The van der Waals surface area contributed by atoms with Crippen LogP contribution in [0.5, 0.6) is 0 Å². The van der Waals surface area contributed by atoms with Gasteiger partial charge < -0.3 is 10.1 Å². The number of benzene rings is 1. The number of aromatic nitrogens is 3. The van der Waals surface area contributed by atoms with Crippen LogP contribution in [0.25, 0.3) is 5.69 Å². The molecule has 6 nitrogen and oxygen atoms in total. The van der Waals surface area contributed by atoms with Gasteiger partial charge in [0.25, 0.3) is 5.91 Å². The van der Waals surface area contributed by atoms with Gasteiger partial charge in [-0.2, -0.15) is 0 Å². The van der Waals surface area contributed by atoms with Crippen molar-refractivity contribution in [3.8, 4) is 5.69 Å². The highest BCUT2D eigenvalue weighted by Gasteiger charge is 2.06. The second-order valence-corrected chi connectivity index (χ2v) is 3.67. The average molecular weight is 246 g/mol. The van der Waals surface area contributed by atoms with Crippen LogP contribution in [0.4, 0.5) is 0 Å². The fourth-order valence-electron chi connectivity index (χ4n) is 1.51. The van der Waals surface area contributed by atoms with E-state index in [0.717, 1.165) is 5.69 Å².